The van der Waals surface area contributed by atoms with Gasteiger partial charge >= 0.3 is 12.0 Å². The first-order chi connectivity index (χ1) is 10.4. The lowest BCUT2D eigenvalue weighted by Crippen LogP contribution is -2.20. The minimum absolute atomic E-state index is 0.261. The second-order valence-corrected chi connectivity index (χ2v) is 5.74. The summed E-state index contributed by atoms with van der Waals surface area (Å²) in [6.45, 7) is 6.04. The molecule has 1 aromatic carbocycles. The van der Waals surface area contributed by atoms with E-state index in [1.54, 1.807) is 6.92 Å². The van der Waals surface area contributed by atoms with E-state index in [0.717, 1.165) is 16.7 Å². The highest BCUT2D eigenvalue weighted by atomic mass is 32.1. The number of anilines is 1. The van der Waals surface area contributed by atoms with Crippen LogP contribution in [0, 0.1) is 13.8 Å². The fraction of sp³-hybridized carbons (Fsp3) is 0.250. The van der Waals surface area contributed by atoms with Crippen molar-refractivity contribution < 1.29 is 14.3 Å². The van der Waals surface area contributed by atoms with Gasteiger partial charge in [-0.1, -0.05) is 18.2 Å². The molecule has 2 rings (SSSR count). The molecule has 2 amide bonds. The Balaban J connectivity index is 2.54. The number of nitrogens with one attached hydrogen (secondary N) is 1. The first kappa shape index (κ1) is 16.0. The van der Waals surface area contributed by atoms with Crippen molar-refractivity contribution in [1.82, 2.24) is 0 Å². The number of rotatable bonds is 4. The number of nitrogens with two attached hydrogens (primary N) is 1. The van der Waals surface area contributed by atoms with Gasteiger partial charge in [0.2, 0.25) is 0 Å². The van der Waals surface area contributed by atoms with Gasteiger partial charge in [-0.3, -0.25) is 5.32 Å². The first-order valence-electron chi connectivity index (χ1n) is 6.86. The van der Waals surface area contributed by atoms with Crippen LogP contribution < -0.4 is 11.1 Å². The summed E-state index contributed by atoms with van der Waals surface area (Å²) in [6, 6.07) is 5.24. The third kappa shape index (κ3) is 3.28. The lowest BCUT2D eigenvalue weighted by Gasteiger charge is -2.09. The van der Waals surface area contributed by atoms with Crippen molar-refractivity contribution in [2.75, 3.05) is 11.9 Å². The zero-order chi connectivity index (χ0) is 16.3. The van der Waals surface area contributed by atoms with E-state index in [1.807, 2.05) is 37.4 Å². The summed E-state index contributed by atoms with van der Waals surface area (Å²) in [7, 11) is 0. The molecule has 1 aromatic heterocycles. The molecule has 0 saturated heterocycles. The molecule has 3 N–H and O–H groups in total. The molecule has 0 radical (unpaired) electrons. The zero-order valence-electron chi connectivity index (χ0n) is 12.7. The maximum Gasteiger partial charge on any atom is 0.341 e. The number of carbonyl (C=O) groups is 2. The highest BCUT2D eigenvalue weighted by molar-refractivity contribution is 7.15. The van der Waals surface area contributed by atoms with Gasteiger partial charge in [0.1, 0.15) is 10.6 Å². The van der Waals surface area contributed by atoms with Crippen LogP contribution in [-0.2, 0) is 4.74 Å². The average Bonchev–Trinajstić information content (AvgIpc) is 2.85. The van der Waals surface area contributed by atoms with Gasteiger partial charge < -0.3 is 10.5 Å². The summed E-state index contributed by atoms with van der Waals surface area (Å²) in [5.74, 6) is -0.472. The third-order valence-electron chi connectivity index (χ3n) is 3.33. The van der Waals surface area contributed by atoms with Crippen molar-refractivity contribution in [2.45, 2.75) is 20.8 Å². The van der Waals surface area contributed by atoms with Crippen LogP contribution in [-0.4, -0.2) is 18.6 Å². The van der Waals surface area contributed by atoms with Gasteiger partial charge in [0.25, 0.3) is 0 Å². The maximum atomic E-state index is 12.2. The van der Waals surface area contributed by atoms with Crippen LogP contribution in [0.15, 0.2) is 23.6 Å². The molecule has 0 unspecified atom stereocenters. The zero-order valence-corrected chi connectivity index (χ0v) is 13.5. The first-order valence-corrected chi connectivity index (χ1v) is 7.74. The molecule has 6 heteroatoms. The van der Waals surface area contributed by atoms with Crippen LogP contribution in [0.25, 0.3) is 11.1 Å². The molecule has 5 nitrogen and oxygen atoms in total. The number of benzene rings is 1. The summed E-state index contributed by atoms with van der Waals surface area (Å²) in [5.41, 5.74) is 9.44. The quantitative estimate of drug-likeness (QED) is 0.843. The molecule has 0 spiro atoms. The van der Waals surface area contributed by atoms with Crippen molar-refractivity contribution in [2.24, 2.45) is 5.73 Å². The summed E-state index contributed by atoms with van der Waals surface area (Å²) >= 11 is 1.25. The smallest absolute Gasteiger partial charge is 0.341 e. The highest BCUT2D eigenvalue weighted by Crippen LogP contribution is 2.36. The molecule has 0 atom stereocenters. The molecule has 0 aliphatic heterocycles. The van der Waals surface area contributed by atoms with E-state index >= 15 is 0 Å². The number of amides is 2. The van der Waals surface area contributed by atoms with Gasteiger partial charge in [-0.05, 0) is 37.5 Å². The minimum atomic E-state index is -0.709. The molecular weight excluding hydrogens is 300 g/mol. The maximum absolute atomic E-state index is 12.2. The van der Waals surface area contributed by atoms with Crippen LogP contribution in [0.2, 0.25) is 0 Å². The molecule has 1 heterocycles. The number of esters is 1. The van der Waals surface area contributed by atoms with Crippen molar-refractivity contribution in [3.05, 3.63) is 40.3 Å². The fourth-order valence-corrected chi connectivity index (χ4v) is 3.05. The Kier molecular flexibility index (Phi) is 4.82. The molecule has 2 aromatic rings. The summed E-state index contributed by atoms with van der Waals surface area (Å²) < 4.78 is 5.10. The van der Waals surface area contributed by atoms with Crippen LogP contribution in [0.4, 0.5) is 9.80 Å². The van der Waals surface area contributed by atoms with E-state index in [-0.39, 0.29) is 6.61 Å². The third-order valence-corrected chi connectivity index (χ3v) is 4.22. The molecule has 22 heavy (non-hydrogen) atoms. The van der Waals surface area contributed by atoms with Gasteiger partial charge in [-0.2, -0.15) is 0 Å². The van der Waals surface area contributed by atoms with Crippen molar-refractivity contribution in [3.8, 4) is 11.1 Å². The van der Waals surface area contributed by atoms with E-state index in [4.69, 9.17) is 10.5 Å². The number of urea groups is 1. The number of hydrogen-bond donors (Lipinski definition) is 2. The number of hydrogen-bond acceptors (Lipinski definition) is 4. The van der Waals surface area contributed by atoms with Crippen LogP contribution in [0.3, 0.4) is 0 Å². The molecule has 116 valence electrons. The van der Waals surface area contributed by atoms with E-state index in [9.17, 15) is 9.59 Å². The Morgan fingerprint density at radius 3 is 2.59 bits per heavy atom. The fourth-order valence-electron chi connectivity index (χ4n) is 2.09. The normalized spacial score (nSPS) is 10.3. The van der Waals surface area contributed by atoms with Gasteiger partial charge in [0, 0.05) is 10.9 Å². The Labute approximate surface area is 133 Å². The molecule has 0 fully saturated rings. The summed E-state index contributed by atoms with van der Waals surface area (Å²) in [4.78, 5) is 23.4. The predicted octanol–water partition coefficient (Wildman–Crippen LogP) is 3.70. The molecule has 0 aliphatic rings. The number of primary amides is 1. The van der Waals surface area contributed by atoms with E-state index in [1.165, 1.54) is 16.9 Å². The van der Waals surface area contributed by atoms with Crippen LogP contribution in [0.5, 0.6) is 0 Å². The largest absolute Gasteiger partial charge is 0.462 e. The highest BCUT2D eigenvalue weighted by Gasteiger charge is 2.22. The standard InChI is InChI=1S/C16H18N2O3S/c1-4-21-15(19)13-12(8-22-14(13)18-16(17)20)11-6-5-9(2)10(3)7-11/h5-8H,4H2,1-3H3,(H3,17,18,20). The van der Waals surface area contributed by atoms with Gasteiger partial charge in [-0.25, -0.2) is 9.59 Å². The monoisotopic (exact) mass is 318 g/mol. The average molecular weight is 318 g/mol. The number of carbonyl (C=O) groups excluding carboxylic acids is 2. The molecule has 0 aliphatic carbocycles. The number of aryl methyl sites for hydroxylation is 2. The van der Waals surface area contributed by atoms with Gasteiger partial charge in [-0.15, -0.1) is 11.3 Å². The number of thiophene rings is 1. The van der Waals surface area contributed by atoms with Gasteiger partial charge in [0.15, 0.2) is 0 Å². The van der Waals surface area contributed by atoms with Crippen molar-refractivity contribution >= 4 is 28.3 Å². The van der Waals surface area contributed by atoms with E-state index < -0.39 is 12.0 Å². The Morgan fingerprint density at radius 2 is 2.00 bits per heavy atom. The molecule has 0 saturated carbocycles. The van der Waals surface area contributed by atoms with E-state index in [0.29, 0.717) is 10.6 Å². The molecule has 0 bridgehead atoms. The lowest BCUT2D eigenvalue weighted by atomic mass is 9.99. The van der Waals surface area contributed by atoms with Crippen LogP contribution in [0.1, 0.15) is 28.4 Å². The Morgan fingerprint density at radius 1 is 1.27 bits per heavy atom. The predicted molar refractivity (Wildman–Crippen MR) is 88.4 cm³/mol. The van der Waals surface area contributed by atoms with E-state index in [2.05, 4.69) is 5.32 Å². The van der Waals surface area contributed by atoms with Crippen LogP contribution >= 0.6 is 11.3 Å². The second-order valence-electron chi connectivity index (χ2n) is 4.86. The topological polar surface area (TPSA) is 81.4 Å². The molecular formula is C16H18N2O3S. The lowest BCUT2D eigenvalue weighted by molar-refractivity contribution is 0.0529. The Bertz CT molecular complexity index is 722. The van der Waals surface area contributed by atoms with Crippen molar-refractivity contribution in [3.63, 3.8) is 0 Å². The van der Waals surface area contributed by atoms with Gasteiger partial charge in [0.05, 0.1) is 6.61 Å². The minimum Gasteiger partial charge on any atom is -0.462 e. The number of ether oxygens (including phenoxy) is 1. The summed E-state index contributed by atoms with van der Waals surface area (Å²) in [5, 5.41) is 4.71. The SMILES string of the molecule is CCOC(=O)c1c(-c2ccc(C)c(C)c2)csc1NC(N)=O. The Hall–Kier alpha value is -2.34. The van der Waals surface area contributed by atoms with Crippen molar-refractivity contribution in [1.29, 1.82) is 0 Å². The summed E-state index contributed by atoms with van der Waals surface area (Å²) in [6.07, 6.45) is 0. The second kappa shape index (κ2) is 6.62.